The summed E-state index contributed by atoms with van der Waals surface area (Å²) in [4.78, 5) is 5.28. The van der Waals surface area contributed by atoms with Gasteiger partial charge >= 0.3 is 0 Å². The molecule has 3 nitrogen and oxygen atoms in total. The largest absolute Gasteiger partial charge is 0.493 e. The van der Waals surface area contributed by atoms with Gasteiger partial charge in [0.25, 0.3) is 0 Å². The van der Waals surface area contributed by atoms with E-state index in [4.69, 9.17) is 9.57 Å². The molecule has 0 aliphatic rings. The van der Waals surface area contributed by atoms with E-state index in [1.807, 2.05) is 25.1 Å². The van der Waals surface area contributed by atoms with Crippen LogP contribution in [-0.2, 0) is 0 Å². The van der Waals surface area contributed by atoms with Gasteiger partial charge < -0.3 is 9.57 Å². The molecule has 4 heteroatoms. The van der Waals surface area contributed by atoms with Gasteiger partial charge in [0, 0.05) is 5.39 Å². The number of aromatic nitrogens is 1. The van der Waals surface area contributed by atoms with Gasteiger partial charge in [0.1, 0.15) is 16.6 Å². The summed E-state index contributed by atoms with van der Waals surface area (Å²) in [5.74, 6) is 0.906. The van der Waals surface area contributed by atoms with Crippen LogP contribution in [0.1, 0.15) is 6.92 Å². The monoisotopic (exact) mass is 317 g/mol. The molecule has 1 aromatic carbocycles. The maximum absolute atomic E-state index is 5.56. The van der Waals surface area contributed by atoms with E-state index in [1.54, 1.807) is 11.8 Å². The van der Waals surface area contributed by atoms with Crippen LogP contribution < -0.4 is 9.57 Å². The zero-order chi connectivity index (χ0) is 10.8. The Morgan fingerprint density at radius 1 is 1.40 bits per heavy atom. The molecule has 0 fully saturated rings. The summed E-state index contributed by atoms with van der Waals surface area (Å²) in [6.45, 7) is 2.66. The van der Waals surface area contributed by atoms with Crippen molar-refractivity contribution in [3.63, 3.8) is 0 Å². The Labute approximate surface area is 102 Å². The Hall–Kier alpha value is -0.910. The van der Waals surface area contributed by atoms with Crippen LogP contribution in [0.3, 0.4) is 0 Å². The van der Waals surface area contributed by atoms with E-state index < -0.39 is 0 Å². The number of benzene rings is 1. The second-order valence-electron chi connectivity index (χ2n) is 3.07. The summed E-state index contributed by atoms with van der Waals surface area (Å²) in [5.41, 5.74) is 1.04. The van der Waals surface area contributed by atoms with E-state index in [0.29, 0.717) is 6.61 Å². The van der Waals surface area contributed by atoms with Gasteiger partial charge in [-0.1, -0.05) is 6.07 Å². The van der Waals surface area contributed by atoms with Crippen LogP contribution in [0.5, 0.6) is 5.75 Å². The Kier molecular flexibility index (Phi) is 3.04. The minimum Gasteiger partial charge on any atom is -0.493 e. The van der Waals surface area contributed by atoms with Gasteiger partial charge in [0.05, 0.1) is 12.1 Å². The third-order valence-corrected chi connectivity index (χ3v) is 2.95. The molecular formula is C11H12INO2. The topological polar surface area (TPSA) is 23.4 Å². The summed E-state index contributed by atoms with van der Waals surface area (Å²) in [5, 5.41) is 1.09. The molecule has 0 amide bonds. The molecule has 0 N–H and O–H groups in total. The highest BCUT2D eigenvalue weighted by atomic mass is 127. The van der Waals surface area contributed by atoms with Crippen LogP contribution in [0.25, 0.3) is 10.9 Å². The predicted molar refractivity (Wildman–Crippen MR) is 68.3 cm³/mol. The first-order valence-electron chi connectivity index (χ1n) is 4.75. The third kappa shape index (κ3) is 1.78. The second kappa shape index (κ2) is 4.30. The van der Waals surface area contributed by atoms with Crippen LogP contribution in [-0.4, -0.2) is 18.4 Å². The van der Waals surface area contributed by atoms with Crippen molar-refractivity contribution in [3.05, 3.63) is 28.0 Å². The van der Waals surface area contributed by atoms with Crippen molar-refractivity contribution < 1.29 is 9.57 Å². The minimum atomic E-state index is 0.674. The second-order valence-corrected chi connectivity index (χ2v) is 4.17. The average Bonchev–Trinajstić information content (AvgIpc) is 2.55. The number of ether oxygens (including phenoxy) is 1. The Morgan fingerprint density at radius 2 is 2.20 bits per heavy atom. The van der Waals surface area contributed by atoms with E-state index in [-0.39, 0.29) is 0 Å². The van der Waals surface area contributed by atoms with Crippen molar-refractivity contribution in [2.75, 3.05) is 13.7 Å². The fraction of sp³-hybridized carbons (Fsp3) is 0.273. The van der Waals surface area contributed by atoms with Crippen LogP contribution in [0.4, 0.5) is 0 Å². The summed E-state index contributed by atoms with van der Waals surface area (Å²) in [7, 11) is 1.66. The summed E-state index contributed by atoms with van der Waals surface area (Å²) >= 11 is 2.24. The molecule has 2 aromatic rings. The highest BCUT2D eigenvalue weighted by molar-refractivity contribution is 14.1. The van der Waals surface area contributed by atoms with E-state index in [0.717, 1.165) is 20.4 Å². The quantitative estimate of drug-likeness (QED) is 0.813. The van der Waals surface area contributed by atoms with Crippen LogP contribution in [0.15, 0.2) is 24.3 Å². The number of nitrogens with zero attached hydrogens (tertiary/aromatic N) is 1. The number of rotatable bonds is 3. The molecule has 2 rings (SSSR count). The van der Waals surface area contributed by atoms with Crippen molar-refractivity contribution in [1.82, 2.24) is 4.73 Å². The zero-order valence-electron chi connectivity index (χ0n) is 8.66. The maximum Gasteiger partial charge on any atom is 0.128 e. The Balaban J connectivity index is 2.66. The first kappa shape index (κ1) is 10.6. The van der Waals surface area contributed by atoms with E-state index in [1.165, 1.54) is 0 Å². The van der Waals surface area contributed by atoms with Crippen molar-refractivity contribution in [2.45, 2.75) is 6.92 Å². The standard InChI is InChI=1S/C11H12INO2/c1-3-15-10-6-4-5-9-8(10)7-11(12)13(9)14-2/h4-7H,3H2,1-2H3. The van der Waals surface area contributed by atoms with Gasteiger partial charge in [-0.25, -0.2) is 0 Å². The average molecular weight is 317 g/mol. The lowest BCUT2D eigenvalue weighted by Gasteiger charge is -2.06. The molecule has 80 valence electrons. The smallest absolute Gasteiger partial charge is 0.128 e. The Bertz CT molecular complexity index is 479. The molecule has 0 radical (unpaired) electrons. The van der Waals surface area contributed by atoms with Gasteiger partial charge in [0.15, 0.2) is 0 Å². The molecule has 0 saturated heterocycles. The molecule has 1 aromatic heterocycles. The van der Waals surface area contributed by atoms with Crippen molar-refractivity contribution in [2.24, 2.45) is 0 Å². The van der Waals surface area contributed by atoms with Gasteiger partial charge in [-0.2, -0.15) is 4.73 Å². The maximum atomic E-state index is 5.56. The van der Waals surface area contributed by atoms with Crippen molar-refractivity contribution in [1.29, 1.82) is 0 Å². The number of hydrogen-bond donors (Lipinski definition) is 0. The molecule has 0 aliphatic heterocycles. The first-order chi connectivity index (χ1) is 7.27. The van der Waals surface area contributed by atoms with Crippen LogP contribution >= 0.6 is 22.6 Å². The van der Waals surface area contributed by atoms with E-state index >= 15 is 0 Å². The Morgan fingerprint density at radius 3 is 2.87 bits per heavy atom. The SMILES string of the molecule is CCOc1cccc2c1cc(I)n2OC. The third-order valence-electron chi connectivity index (χ3n) is 2.20. The van der Waals surface area contributed by atoms with Gasteiger partial charge in [0.2, 0.25) is 0 Å². The molecule has 0 aliphatic carbocycles. The number of fused-ring (bicyclic) bond motifs is 1. The number of hydrogen-bond acceptors (Lipinski definition) is 2. The van der Waals surface area contributed by atoms with Crippen LogP contribution in [0, 0.1) is 3.70 Å². The lowest BCUT2D eigenvalue weighted by molar-refractivity contribution is 0.173. The summed E-state index contributed by atoms with van der Waals surface area (Å²) < 4.78 is 8.39. The molecule has 0 unspecified atom stereocenters. The molecule has 1 heterocycles. The molecule has 0 spiro atoms. The summed E-state index contributed by atoms with van der Waals surface area (Å²) in [6.07, 6.45) is 0. The van der Waals surface area contributed by atoms with Gasteiger partial charge in [-0.3, -0.25) is 0 Å². The number of halogens is 1. The van der Waals surface area contributed by atoms with E-state index in [9.17, 15) is 0 Å². The first-order valence-corrected chi connectivity index (χ1v) is 5.83. The minimum absolute atomic E-state index is 0.674. The highest BCUT2D eigenvalue weighted by Crippen LogP contribution is 2.28. The molecule has 15 heavy (non-hydrogen) atoms. The van der Waals surface area contributed by atoms with Crippen molar-refractivity contribution in [3.8, 4) is 5.75 Å². The lowest BCUT2D eigenvalue weighted by Crippen LogP contribution is -2.06. The van der Waals surface area contributed by atoms with Gasteiger partial charge in [-0.05, 0) is 47.7 Å². The van der Waals surface area contributed by atoms with E-state index in [2.05, 4.69) is 28.7 Å². The molecule has 0 atom stereocenters. The molecule has 0 bridgehead atoms. The molecule has 0 saturated carbocycles. The van der Waals surface area contributed by atoms with Crippen LogP contribution in [0.2, 0.25) is 0 Å². The summed E-state index contributed by atoms with van der Waals surface area (Å²) in [6, 6.07) is 8.02. The van der Waals surface area contributed by atoms with Crippen molar-refractivity contribution >= 4 is 33.5 Å². The predicted octanol–water partition coefficient (Wildman–Crippen LogP) is 2.70. The highest BCUT2D eigenvalue weighted by Gasteiger charge is 2.10. The fourth-order valence-corrected chi connectivity index (χ4v) is 2.38. The lowest BCUT2D eigenvalue weighted by atomic mass is 10.2. The molecular weight excluding hydrogens is 305 g/mol. The normalized spacial score (nSPS) is 10.6. The zero-order valence-corrected chi connectivity index (χ0v) is 10.8. The van der Waals surface area contributed by atoms with Gasteiger partial charge in [-0.15, -0.1) is 0 Å². The fourth-order valence-electron chi connectivity index (χ4n) is 1.61.